The molecule has 1 aliphatic heterocycles. The summed E-state index contributed by atoms with van der Waals surface area (Å²) >= 11 is 0. The van der Waals surface area contributed by atoms with Crippen molar-refractivity contribution in [2.24, 2.45) is 13.0 Å². The summed E-state index contributed by atoms with van der Waals surface area (Å²) in [6, 6.07) is 9.56. The number of rotatable bonds is 4. The number of carbonyl (C=O) groups excluding carboxylic acids is 2. The lowest BCUT2D eigenvalue weighted by Gasteiger charge is -2.32. The van der Waals surface area contributed by atoms with E-state index in [1.54, 1.807) is 11.9 Å². The molecule has 0 spiro atoms. The van der Waals surface area contributed by atoms with Crippen molar-refractivity contribution in [2.45, 2.75) is 19.3 Å². The highest BCUT2D eigenvalue weighted by Gasteiger charge is 2.29. The van der Waals surface area contributed by atoms with Crippen LogP contribution in [0.5, 0.6) is 0 Å². The first-order chi connectivity index (χ1) is 12.5. The minimum absolute atomic E-state index is 0.0162. The zero-order chi connectivity index (χ0) is 18.5. The average Bonchev–Trinajstić information content (AvgIpc) is 2.66. The number of amides is 2. The SMILES string of the molecule is Cn1ccnc(NC(=O)[C@H]2CCCN(C(=O)Cc3ccccc3)C2)c1=O. The largest absolute Gasteiger partial charge is 0.342 e. The van der Waals surface area contributed by atoms with Gasteiger partial charge >= 0.3 is 0 Å². The molecule has 1 fully saturated rings. The average molecular weight is 354 g/mol. The molecule has 7 nitrogen and oxygen atoms in total. The Kier molecular flexibility index (Phi) is 5.46. The van der Waals surface area contributed by atoms with Gasteiger partial charge in [-0.25, -0.2) is 4.98 Å². The summed E-state index contributed by atoms with van der Waals surface area (Å²) in [4.78, 5) is 42.7. The standard InChI is InChI=1S/C19H22N4O3/c1-22-11-9-20-17(19(22)26)21-18(25)15-8-5-10-23(13-15)16(24)12-14-6-3-2-4-7-14/h2-4,6-7,9,11,15H,5,8,10,12-13H2,1H3,(H,20,21,25)/t15-/m0/s1. The molecule has 3 rings (SSSR count). The van der Waals surface area contributed by atoms with Crippen LogP contribution < -0.4 is 10.9 Å². The number of nitrogens with zero attached hydrogens (tertiary/aromatic N) is 3. The fraction of sp³-hybridized carbons (Fsp3) is 0.368. The number of aromatic nitrogens is 2. The number of hydrogen-bond acceptors (Lipinski definition) is 4. The highest BCUT2D eigenvalue weighted by molar-refractivity contribution is 5.92. The first kappa shape index (κ1) is 17.8. The highest BCUT2D eigenvalue weighted by Crippen LogP contribution is 2.19. The van der Waals surface area contributed by atoms with E-state index in [4.69, 9.17) is 0 Å². The fourth-order valence-electron chi connectivity index (χ4n) is 3.10. The molecule has 1 saturated heterocycles. The predicted octanol–water partition coefficient (Wildman–Crippen LogP) is 1.20. The minimum Gasteiger partial charge on any atom is -0.342 e. The molecule has 0 saturated carbocycles. The van der Waals surface area contributed by atoms with Gasteiger partial charge in [0.2, 0.25) is 11.8 Å². The van der Waals surface area contributed by atoms with Gasteiger partial charge in [-0.15, -0.1) is 0 Å². The van der Waals surface area contributed by atoms with Crippen molar-refractivity contribution in [3.05, 3.63) is 58.6 Å². The Morgan fingerprint density at radius 3 is 2.81 bits per heavy atom. The van der Waals surface area contributed by atoms with Gasteiger partial charge in [-0.2, -0.15) is 0 Å². The van der Waals surface area contributed by atoms with E-state index in [1.165, 1.54) is 17.0 Å². The Labute approximate surface area is 151 Å². The van der Waals surface area contributed by atoms with Crippen molar-refractivity contribution in [1.82, 2.24) is 14.5 Å². The third-order valence-corrected chi connectivity index (χ3v) is 4.60. The lowest BCUT2D eigenvalue weighted by molar-refractivity contribution is -0.133. The summed E-state index contributed by atoms with van der Waals surface area (Å²) in [7, 11) is 1.60. The van der Waals surface area contributed by atoms with Crippen LogP contribution in [0.15, 0.2) is 47.5 Å². The summed E-state index contributed by atoms with van der Waals surface area (Å²) in [6.45, 7) is 1.02. The van der Waals surface area contributed by atoms with Crippen LogP contribution in [0.1, 0.15) is 18.4 Å². The van der Waals surface area contributed by atoms with Crippen LogP contribution in [0, 0.1) is 5.92 Å². The summed E-state index contributed by atoms with van der Waals surface area (Å²) in [5.41, 5.74) is 0.606. The topological polar surface area (TPSA) is 84.3 Å². The second-order valence-corrected chi connectivity index (χ2v) is 6.52. The first-order valence-corrected chi connectivity index (χ1v) is 8.69. The monoisotopic (exact) mass is 354 g/mol. The Bertz CT molecular complexity index is 847. The van der Waals surface area contributed by atoms with Crippen molar-refractivity contribution >= 4 is 17.6 Å². The molecule has 1 aromatic heterocycles. The van der Waals surface area contributed by atoms with Crippen LogP contribution in [0.3, 0.4) is 0 Å². The second-order valence-electron chi connectivity index (χ2n) is 6.52. The molecule has 1 aromatic carbocycles. The smallest absolute Gasteiger partial charge is 0.293 e. The van der Waals surface area contributed by atoms with Crippen molar-refractivity contribution in [3.63, 3.8) is 0 Å². The second kappa shape index (κ2) is 7.95. The van der Waals surface area contributed by atoms with E-state index >= 15 is 0 Å². The maximum Gasteiger partial charge on any atom is 0.293 e. The summed E-state index contributed by atoms with van der Waals surface area (Å²) in [5, 5.41) is 2.61. The molecule has 7 heteroatoms. The first-order valence-electron chi connectivity index (χ1n) is 8.69. The van der Waals surface area contributed by atoms with Gasteiger partial charge < -0.3 is 14.8 Å². The van der Waals surface area contributed by atoms with Crippen LogP contribution in [0.4, 0.5) is 5.82 Å². The molecule has 2 aromatic rings. The Morgan fingerprint density at radius 1 is 1.27 bits per heavy atom. The quantitative estimate of drug-likeness (QED) is 0.894. The molecule has 1 N–H and O–H groups in total. The molecule has 0 bridgehead atoms. The maximum absolute atomic E-state index is 12.5. The van der Waals surface area contributed by atoms with Crippen LogP contribution in [-0.2, 0) is 23.1 Å². The normalized spacial score (nSPS) is 17.0. The van der Waals surface area contributed by atoms with Gasteiger partial charge in [0.15, 0.2) is 5.82 Å². The Hall–Kier alpha value is -2.96. The molecule has 0 aliphatic carbocycles. The predicted molar refractivity (Wildman–Crippen MR) is 97.6 cm³/mol. The molecule has 1 atom stereocenters. The molecule has 1 aliphatic rings. The molecule has 0 unspecified atom stereocenters. The van der Waals surface area contributed by atoms with E-state index in [0.717, 1.165) is 12.0 Å². The van der Waals surface area contributed by atoms with Crippen LogP contribution >= 0.6 is 0 Å². The molecule has 0 radical (unpaired) electrons. The lowest BCUT2D eigenvalue weighted by atomic mass is 9.96. The van der Waals surface area contributed by atoms with Crippen molar-refractivity contribution in [3.8, 4) is 0 Å². The Balaban J connectivity index is 1.62. The molecular weight excluding hydrogens is 332 g/mol. The number of aryl methyl sites for hydroxylation is 1. The summed E-state index contributed by atoms with van der Waals surface area (Å²) < 4.78 is 1.36. The van der Waals surface area contributed by atoms with E-state index in [0.29, 0.717) is 25.9 Å². The fourth-order valence-corrected chi connectivity index (χ4v) is 3.10. The number of likely N-dealkylation sites (tertiary alicyclic amines) is 1. The molecule has 2 heterocycles. The van der Waals surface area contributed by atoms with E-state index in [1.807, 2.05) is 30.3 Å². The van der Waals surface area contributed by atoms with Gasteiger partial charge in [-0.05, 0) is 18.4 Å². The number of piperidine rings is 1. The van der Waals surface area contributed by atoms with Gasteiger partial charge in [-0.1, -0.05) is 30.3 Å². The minimum atomic E-state index is -0.353. The van der Waals surface area contributed by atoms with Crippen molar-refractivity contribution in [1.29, 1.82) is 0 Å². The van der Waals surface area contributed by atoms with E-state index in [2.05, 4.69) is 10.3 Å². The number of nitrogens with one attached hydrogen (secondary N) is 1. The number of carbonyl (C=O) groups is 2. The van der Waals surface area contributed by atoms with E-state index in [-0.39, 0.29) is 29.1 Å². The zero-order valence-corrected chi connectivity index (χ0v) is 14.7. The summed E-state index contributed by atoms with van der Waals surface area (Å²) in [6.07, 6.45) is 4.78. The molecule has 26 heavy (non-hydrogen) atoms. The number of benzene rings is 1. The number of anilines is 1. The molecular formula is C19H22N4O3. The van der Waals surface area contributed by atoms with Crippen LogP contribution in [-0.4, -0.2) is 39.4 Å². The highest BCUT2D eigenvalue weighted by atomic mass is 16.2. The van der Waals surface area contributed by atoms with E-state index < -0.39 is 0 Å². The third-order valence-electron chi connectivity index (χ3n) is 4.60. The van der Waals surface area contributed by atoms with E-state index in [9.17, 15) is 14.4 Å². The van der Waals surface area contributed by atoms with Gasteiger partial charge in [0.05, 0.1) is 12.3 Å². The van der Waals surface area contributed by atoms with Gasteiger partial charge in [0, 0.05) is 32.5 Å². The van der Waals surface area contributed by atoms with Gasteiger partial charge in [0.1, 0.15) is 0 Å². The molecule has 2 amide bonds. The zero-order valence-electron chi connectivity index (χ0n) is 14.7. The summed E-state index contributed by atoms with van der Waals surface area (Å²) in [5.74, 6) is -0.566. The van der Waals surface area contributed by atoms with Crippen LogP contribution in [0.25, 0.3) is 0 Å². The third kappa shape index (κ3) is 4.17. The van der Waals surface area contributed by atoms with Crippen molar-refractivity contribution in [2.75, 3.05) is 18.4 Å². The maximum atomic E-state index is 12.5. The molecule has 136 valence electrons. The van der Waals surface area contributed by atoms with Gasteiger partial charge in [-0.3, -0.25) is 14.4 Å². The lowest BCUT2D eigenvalue weighted by Crippen LogP contribution is -2.44. The Morgan fingerprint density at radius 2 is 2.04 bits per heavy atom. The van der Waals surface area contributed by atoms with Gasteiger partial charge in [0.25, 0.3) is 5.56 Å². The number of hydrogen-bond donors (Lipinski definition) is 1. The van der Waals surface area contributed by atoms with Crippen molar-refractivity contribution < 1.29 is 9.59 Å². The van der Waals surface area contributed by atoms with Crippen LogP contribution in [0.2, 0.25) is 0 Å².